The second kappa shape index (κ2) is 9.07. The Labute approximate surface area is 158 Å². The Bertz CT molecular complexity index is 741. The summed E-state index contributed by atoms with van der Waals surface area (Å²) in [6, 6.07) is 8.87. The number of ether oxygens (including phenoxy) is 2. The minimum atomic E-state index is -0.216. The SMILES string of the molecule is Cc1cc(OCc2ccc(C(=O)NCCN3CCOCC3)o2)ccc1Cl. The van der Waals surface area contributed by atoms with Gasteiger partial charge in [0, 0.05) is 31.2 Å². The number of rotatable bonds is 7. The van der Waals surface area contributed by atoms with E-state index < -0.39 is 0 Å². The highest BCUT2D eigenvalue weighted by Crippen LogP contribution is 2.22. The van der Waals surface area contributed by atoms with Crippen LogP contribution in [-0.2, 0) is 11.3 Å². The van der Waals surface area contributed by atoms with Gasteiger partial charge in [-0.25, -0.2) is 0 Å². The third kappa shape index (κ3) is 5.24. The number of carbonyl (C=O) groups is 1. The summed E-state index contributed by atoms with van der Waals surface area (Å²) in [6.45, 7) is 6.87. The molecule has 0 unspecified atom stereocenters. The van der Waals surface area contributed by atoms with Gasteiger partial charge in [-0.2, -0.15) is 0 Å². The van der Waals surface area contributed by atoms with E-state index in [-0.39, 0.29) is 18.3 Å². The Morgan fingerprint density at radius 1 is 1.27 bits per heavy atom. The van der Waals surface area contributed by atoms with Crippen molar-refractivity contribution in [1.29, 1.82) is 0 Å². The minimum absolute atomic E-state index is 0.216. The Hall–Kier alpha value is -2.02. The lowest BCUT2D eigenvalue weighted by Gasteiger charge is -2.26. The van der Waals surface area contributed by atoms with Gasteiger partial charge in [0.15, 0.2) is 5.76 Å². The number of nitrogens with zero attached hydrogens (tertiary/aromatic N) is 1. The van der Waals surface area contributed by atoms with Crippen LogP contribution in [0.3, 0.4) is 0 Å². The Kier molecular flexibility index (Phi) is 6.55. The van der Waals surface area contributed by atoms with Crippen molar-refractivity contribution in [2.24, 2.45) is 0 Å². The number of benzene rings is 1. The summed E-state index contributed by atoms with van der Waals surface area (Å²) in [6.07, 6.45) is 0. The highest BCUT2D eigenvalue weighted by Gasteiger charge is 2.13. The summed E-state index contributed by atoms with van der Waals surface area (Å²) in [7, 11) is 0. The van der Waals surface area contributed by atoms with Crippen molar-refractivity contribution in [2.45, 2.75) is 13.5 Å². The van der Waals surface area contributed by atoms with Crippen molar-refractivity contribution in [3.05, 3.63) is 52.4 Å². The molecule has 1 N–H and O–H groups in total. The molecule has 1 fully saturated rings. The van der Waals surface area contributed by atoms with Crippen LogP contribution in [0.4, 0.5) is 0 Å². The van der Waals surface area contributed by atoms with Crippen molar-refractivity contribution in [3.8, 4) is 5.75 Å². The molecular weight excluding hydrogens is 356 g/mol. The van der Waals surface area contributed by atoms with Gasteiger partial charge in [-0.3, -0.25) is 9.69 Å². The smallest absolute Gasteiger partial charge is 0.287 e. The van der Waals surface area contributed by atoms with Crippen molar-refractivity contribution >= 4 is 17.5 Å². The van der Waals surface area contributed by atoms with Gasteiger partial charge in [0.05, 0.1) is 13.2 Å². The quantitative estimate of drug-likeness (QED) is 0.802. The molecule has 1 aromatic heterocycles. The number of hydrogen-bond acceptors (Lipinski definition) is 5. The van der Waals surface area contributed by atoms with Crippen LogP contribution in [0.1, 0.15) is 21.9 Å². The molecule has 3 rings (SSSR count). The number of nitrogens with one attached hydrogen (secondary N) is 1. The predicted molar refractivity (Wildman–Crippen MR) is 98.8 cm³/mol. The normalized spacial score (nSPS) is 15.0. The van der Waals surface area contributed by atoms with E-state index in [9.17, 15) is 4.79 Å². The fraction of sp³-hybridized carbons (Fsp3) is 0.421. The zero-order chi connectivity index (χ0) is 18.4. The van der Waals surface area contributed by atoms with E-state index in [4.69, 9.17) is 25.5 Å². The molecule has 0 radical (unpaired) electrons. The maximum Gasteiger partial charge on any atom is 0.287 e. The van der Waals surface area contributed by atoms with Crippen LogP contribution in [0, 0.1) is 6.92 Å². The average molecular weight is 379 g/mol. The molecule has 26 heavy (non-hydrogen) atoms. The van der Waals surface area contributed by atoms with E-state index in [0.717, 1.165) is 38.4 Å². The molecule has 1 aliphatic heterocycles. The van der Waals surface area contributed by atoms with Crippen LogP contribution < -0.4 is 10.1 Å². The number of carbonyl (C=O) groups excluding carboxylic acids is 1. The fourth-order valence-electron chi connectivity index (χ4n) is 2.68. The predicted octanol–water partition coefficient (Wildman–Crippen LogP) is 2.88. The van der Waals surface area contributed by atoms with Gasteiger partial charge in [0.1, 0.15) is 18.1 Å². The highest BCUT2D eigenvalue weighted by atomic mass is 35.5. The third-order valence-corrected chi connectivity index (χ3v) is 4.64. The van der Waals surface area contributed by atoms with Crippen LogP contribution >= 0.6 is 11.6 Å². The fourth-order valence-corrected chi connectivity index (χ4v) is 2.80. The molecular formula is C19H23ClN2O4. The molecule has 0 saturated carbocycles. The number of hydrogen-bond donors (Lipinski definition) is 1. The number of amides is 1. The molecule has 1 aromatic carbocycles. The van der Waals surface area contributed by atoms with Crippen LogP contribution in [-0.4, -0.2) is 50.2 Å². The highest BCUT2D eigenvalue weighted by molar-refractivity contribution is 6.31. The van der Waals surface area contributed by atoms with E-state index in [1.54, 1.807) is 24.3 Å². The summed E-state index contributed by atoms with van der Waals surface area (Å²) in [4.78, 5) is 14.4. The molecule has 0 bridgehead atoms. The number of furan rings is 1. The second-order valence-corrected chi connectivity index (χ2v) is 6.58. The summed E-state index contributed by atoms with van der Waals surface area (Å²) < 4.78 is 16.5. The molecule has 1 aliphatic rings. The molecule has 2 heterocycles. The largest absolute Gasteiger partial charge is 0.486 e. The van der Waals surface area contributed by atoms with Gasteiger partial charge in [-0.15, -0.1) is 0 Å². The van der Waals surface area contributed by atoms with E-state index in [1.807, 2.05) is 13.0 Å². The summed E-state index contributed by atoms with van der Waals surface area (Å²) in [5, 5.41) is 3.58. The van der Waals surface area contributed by atoms with Crippen molar-refractivity contribution in [3.63, 3.8) is 0 Å². The maximum atomic E-state index is 12.2. The lowest BCUT2D eigenvalue weighted by molar-refractivity contribution is 0.0382. The Balaban J connectivity index is 1.44. The Morgan fingerprint density at radius 3 is 2.85 bits per heavy atom. The lowest BCUT2D eigenvalue weighted by atomic mass is 10.2. The molecule has 140 valence electrons. The first-order valence-corrected chi connectivity index (χ1v) is 9.05. The van der Waals surface area contributed by atoms with E-state index >= 15 is 0 Å². The molecule has 0 atom stereocenters. The average Bonchev–Trinajstić information content (AvgIpc) is 3.13. The lowest BCUT2D eigenvalue weighted by Crippen LogP contribution is -2.41. The van der Waals surface area contributed by atoms with E-state index in [0.29, 0.717) is 23.1 Å². The molecule has 6 nitrogen and oxygen atoms in total. The van der Waals surface area contributed by atoms with Crippen LogP contribution in [0.2, 0.25) is 5.02 Å². The summed E-state index contributed by atoms with van der Waals surface area (Å²) in [5.74, 6) is 1.38. The van der Waals surface area contributed by atoms with Gasteiger partial charge in [0.25, 0.3) is 5.91 Å². The Morgan fingerprint density at radius 2 is 2.08 bits per heavy atom. The minimum Gasteiger partial charge on any atom is -0.486 e. The second-order valence-electron chi connectivity index (χ2n) is 6.18. The molecule has 0 aliphatic carbocycles. The van der Waals surface area contributed by atoms with Crippen molar-refractivity contribution in [2.75, 3.05) is 39.4 Å². The molecule has 2 aromatic rings. The van der Waals surface area contributed by atoms with Crippen LogP contribution in [0.25, 0.3) is 0 Å². The number of aryl methyl sites for hydroxylation is 1. The summed E-state index contributed by atoms with van der Waals surface area (Å²) >= 11 is 6.00. The maximum absolute atomic E-state index is 12.2. The van der Waals surface area contributed by atoms with Gasteiger partial charge >= 0.3 is 0 Å². The number of morpholine rings is 1. The monoisotopic (exact) mass is 378 g/mol. The molecule has 7 heteroatoms. The standard InChI is InChI=1S/C19H23ClN2O4/c1-14-12-15(2-4-17(14)20)25-13-16-3-5-18(26-16)19(23)21-6-7-22-8-10-24-11-9-22/h2-5,12H,6-11,13H2,1H3,(H,21,23). The van der Waals surface area contributed by atoms with Gasteiger partial charge < -0.3 is 19.2 Å². The van der Waals surface area contributed by atoms with Crippen LogP contribution in [0.15, 0.2) is 34.7 Å². The first-order chi connectivity index (χ1) is 12.6. The van der Waals surface area contributed by atoms with E-state index in [1.165, 1.54) is 0 Å². The molecule has 1 saturated heterocycles. The zero-order valence-corrected chi connectivity index (χ0v) is 15.6. The van der Waals surface area contributed by atoms with Crippen molar-refractivity contribution < 1.29 is 18.7 Å². The first kappa shape index (κ1) is 18.8. The van der Waals surface area contributed by atoms with Gasteiger partial charge in [-0.1, -0.05) is 11.6 Å². The summed E-state index contributed by atoms with van der Waals surface area (Å²) in [5.41, 5.74) is 0.948. The molecule has 1 amide bonds. The zero-order valence-electron chi connectivity index (χ0n) is 14.8. The van der Waals surface area contributed by atoms with Crippen molar-refractivity contribution in [1.82, 2.24) is 10.2 Å². The van der Waals surface area contributed by atoms with E-state index in [2.05, 4.69) is 10.2 Å². The van der Waals surface area contributed by atoms with Gasteiger partial charge in [-0.05, 0) is 42.8 Å². The van der Waals surface area contributed by atoms with Gasteiger partial charge in [0.2, 0.25) is 0 Å². The third-order valence-electron chi connectivity index (χ3n) is 4.21. The number of halogens is 1. The topological polar surface area (TPSA) is 63.9 Å². The first-order valence-electron chi connectivity index (χ1n) is 8.68. The van der Waals surface area contributed by atoms with Crippen LogP contribution in [0.5, 0.6) is 5.75 Å². The molecule has 0 spiro atoms.